The van der Waals surface area contributed by atoms with Gasteiger partial charge in [-0.1, -0.05) is 6.07 Å². The van der Waals surface area contributed by atoms with E-state index in [0.717, 1.165) is 0 Å². The van der Waals surface area contributed by atoms with Crippen molar-refractivity contribution in [2.75, 3.05) is 0 Å². The maximum Gasteiger partial charge on any atom is 0.244 e. The number of nitriles is 1. The van der Waals surface area contributed by atoms with Crippen LogP contribution < -0.4 is 0 Å². The fourth-order valence-electron chi connectivity index (χ4n) is 1.55. The molecular formula is C11H6N4O. The molecule has 16 heavy (non-hydrogen) atoms. The lowest BCUT2D eigenvalue weighted by Gasteiger charge is -1.99. The van der Waals surface area contributed by atoms with Gasteiger partial charge in [0.05, 0.1) is 29.9 Å². The molecule has 0 aliphatic rings. The second-order valence-electron chi connectivity index (χ2n) is 3.19. The Hall–Kier alpha value is -2.66. The zero-order chi connectivity index (χ0) is 11.7. The molecule has 0 aliphatic heterocycles. The van der Waals surface area contributed by atoms with Gasteiger partial charge in [-0.15, -0.1) is 0 Å². The number of fused-ring (bicyclic) bond motifs is 1. The quantitative estimate of drug-likeness (QED) is 0.625. The number of rotatable bonds is 0. The largest absolute Gasteiger partial charge is 0.273 e. The minimum absolute atomic E-state index is 0.227. The summed E-state index contributed by atoms with van der Waals surface area (Å²) < 4.78 is 1.21. The van der Waals surface area contributed by atoms with Gasteiger partial charge in [0.25, 0.3) is 0 Å². The highest BCUT2D eigenvalue weighted by molar-refractivity contribution is 5.95. The summed E-state index contributed by atoms with van der Waals surface area (Å²) in [5, 5.41) is 13.4. The first kappa shape index (κ1) is 9.88. The highest BCUT2D eigenvalue weighted by atomic mass is 16.2. The van der Waals surface area contributed by atoms with Crippen LogP contribution in [0, 0.1) is 17.9 Å². The summed E-state index contributed by atoms with van der Waals surface area (Å²) in [6, 6.07) is 5.11. The van der Waals surface area contributed by atoms with E-state index < -0.39 is 0 Å². The Kier molecular flexibility index (Phi) is 2.15. The molecule has 1 aromatic carbocycles. The van der Waals surface area contributed by atoms with Gasteiger partial charge in [0.2, 0.25) is 11.6 Å². The molecule has 0 radical (unpaired) electrons. The molecule has 0 aliphatic carbocycles. The van der Waals surface area contributed by atoms with Crippen molar-refractivity contribution in [1.29, 1.82) is 5.26 Å². The van der Waals surface area contributed by atoms with E-state index >= 15 is 0 Å². The van der Waals surface area contributed by atoms with E-state index in [4.69, 9.17) is 11.8 Å². The predicted octanol–water partition coefficient (Wildman–Crippen LogP) is 2.12. The van der Waals surface area contributed by atoms with Crippen LogP contribution in [-0.4, -0.2) is 15.7 Å². The van der Waals surface area contributed by atoms with E-state index in [1.807, 2.05) is 6.07 Å². The Morgan fingerprint density at radius 1 is 1.62 bits per heavy atom. The van der Waals surface area contributed by atoms with Gasteiger partial charge in [-0.25, -0.2) is 9.53 Å². The molecular weight excluding hydrogens is 204 g/mol. The average Bonchev–Trinajstić information content (AvgIpc) is 2.71. The first-order chi connectivity index (χ1) is 7.69. The number of hydrogen-bond acceptors (Lipinski definition) is 3. The van der Waals surface area contributed by atoms with Gasteiger partial charge in [-0.2, -0.15) is 10.4 Å². The monoisotopic (exact) mass is 210 g/mol. The second-order valence-corrected chi connectivity index (χ2v) is 3.19. The lowest BCUT2D eigenvalue weighted by Crippen LogP contribution is -2.06. The van der Waals surface area contributed by atoms with Gasteiger partial charge < -0.3 is 0 Å². The molecule has 0 saturated carbocycles. The molecule has 0 atom stereocenters. The molecule has 5 nitrogen and oxygen atoms in total. The van der Waals surface area contributed by atoms with Gasteiger partial charge in [0.15, 0.2) is 0 Å². The summed E-state index contributed by atoms with van der Waals surface area (Å²) in [7, 11) is 0. The highest BCUT2D eigenvalue weighted by Gasteiger charge is 2.12. The molecule has 1 heterocycles. The zero-order valence-corrected chi connectivity index (χ0v) is 8.43. The van der Waals surface area contributed by atoms with E-state index in [2.05, 4.69) is 9.94 Å². The van der Waals surface area contributed by atoms with Crippen molar-refractivity contribution >= 4 is 22.5 Å². The summed E-state index contributed by atoms with van der Waals surface area (Å²) in [5.74, 6) is -0.227. The average molecular weight is 210 g/mol. The fraction of sp³-hybridized carbons (Fsp3) is 0.0909. The van der Waals surface area contributed by atoms with Crippen molar-refractivity contribution in [2.45, 2.75) is 6.92 Å². The topological polar surface area (TPSA) is 63.0 Å². The lowest BCUT2D eigenvalue weighted by atomic mass is 10.1. The second kappa shape index (κ2) is 3.48. The van der Waals surface area contributed by atoms with Gasteiger partial charge in [0.1, 0.15) is 0 Å². The van der Waals surface area contributed by atoms with Crippen molar-refractivity contribution in [2.24, 2.45) is 0 Å². The third-order valence-electron chi connectivity index (χ3n) is 2.26. The van der Waals surface area contributed by atoms with E-state index in [-0.39, 0.29) is 17.2 Å². The van der Waals surface area contributed by atoms with Crippen LogP contribution in [0.3, 0.4) is 0 Å². The first-order valence-electron chi connectivity index (χ1n) is 4.48. The molecule has 0 fully saturated rings. The normalized spacial score (nSPS) is 9.69. The first-order valence-corrected chi connectivity index (χ1v) is 4.48. The van der Waals surface area contributed by atoms with Crippen molar-refractivity contribution in [1.82, 2.24) is 9.78 Å². The van der Waals surface area contributed by atoms with Crippen molar-refractivity contribution in [3.63, 3.8) is 0 Å². The van der Waals surface area contributed by atoms with Gasteiger partial charge in [-0.3, -0.25) is 4.79 Å². The van der Waals surface area contributed by atoms with E-state index in [1.165, 1.54) is 23.9 Å². The molecule has 0 spiro atoms. The predicted molar refractivity (Wildman–Crippen MR) is 57.0 cm³/mol. The Balaban J connectivity index is 2.89. The third-order valence-corrected chi connectivity index (χ3v) is 2.26. The number of hydrogen-bond donors (Lipinski definition) is 0. The number of carbonyl (C=O) groups is 1. The van der Waals surface area contributed by atoms with Crippen molar-refractivity contribution in [3.05, 3.63) is 35.3 Å². The van der Waals surface area contributed by atoms with Crippen LogP contribution in [0.15, 0.2) is 18.3 Å². The van der Waals surface area contributed by atoms with Crippen LogP contribution in [0.2, 0.25) is 0 Å². The maximum atomic E-state index is 11.2. The minimum atomic E-state index is -0.227. The fourth-order valence-corrected chi connectivity index (χ4v) is 1.55. The van der Waals surface area contributed by atoms with Gasteiger partial charge in [0, 0.05) is 12.3 Å². The standard InChI is InChI=1S/C11H6N4O/c1-7(16)15-11-4-3-10(13-2)8(5-12)9(11)6-14-15/h3-4,6H,1H3. The molecule has 2 aromatic rings. The molecule has 1 aromatic heterocycles. The third kappa shape index (κ3) is 1.23. The Bertz CT molecular complexity index is 670. The van der Waals surface area contributed by atoms with Crippen LogP contribution in [0.25, 0.3) is 15.7 Å². The number of benzene rings is 1. The van der Waals surface area contributed by atoms with E-state index in [1.54, 1.807) is 6.07 Å². The summed E-state index contributed by atoms with van der Waals surface area (Å²) in [6.07, 6.45) is 1.43. The maximum absolute atomic E-state index is 11.2. The number of aromatic nitrogens is 2. The molecule has 0 N–H and O–H groups in total. The number of carbonyl (C=O) groups excluding carboxylic acids is 1. The summed E-state index contributed by atoms with van der Waals surface area (Å²) in [5.41, 5.74) is 1.09. The smallest absolute Gasteiger partial charge is 0.244 e. The van der Waals surface area contributed by atoms with Gasteiger partial charge in [-0.05, 0) is 6.07 Å². The van der Waals surface area contributed by atoms with Crippen LogP contribution in [0.5, 0.6) is 0 Å². The Morgan fingerprint density at radius 3 is 2.94 bits per heavy atom. The minimum Gasteiger partial charge on any atom is -0.273 e. The summed E-state index contributed by atoms with van der Waals surface area (Å²) >= 11 is 0. The molecule has 0 saturated heterocycles. The lowest BCUT2D eigenvalue weighted by molar-refractivity contribution is 0.0927. The Morgan fingerprint density at radius 2 is 2.38 bits per heavy atom. The van der Waals surface area contributed by atoms with Crippen LogP contribution in [0.1, 0.15) is 17.3 Å². The van der Waals surface area contributed by atoms with Crippen molar-refractivity contribution in [3.8, 4) is 6.07 Å². The summed E-state index contributed by atoms with van der Waals surface area (Å²) in [4.78, 5) is 14.5. The van der Waals surface area contributed by atoms with Crippen LogP contribution in [-0.2, 0) is 0 Å². The molecule has 2 rings (SSSR count). The van der Waals surface area contributed by atoms with Crippen LogP contribution >= 0.6 is 0 Å². The van der Waals surface area contributed by atoms with Gasteiger partial charge >= 0.3 is 0 Å². The molecule has 0 unspecified atom stereocenters. The SMILES string of the molecule is [C-]#[N+]c1ccc2c(cnn2C(C)=O)c1C#N. The summed E-state index contributed by atoms with van der Waals surface area (Å²) in [6.45, 7) is 8.32. The molecule has 76 valence electrons. The molecule has 0 amide bonds. The highest BCUT2D eigenvalue weighted by Crippen LogP contribution is 2.27. The van der Waals surface area contributed by atoms with Crippen molar-refractivity contribution < 1.29 is 4.79 Å². The Labute approximate surface area is 91.3 Å². The zero-order valence-electron chi connectivity index (χ0n) is 8.43. The number of nitrogens with zero attached hydrogens (tertiary/aromatic N) is 4. The molecule has 5 heteroatoms. The molecule has 0 bridgehead atoms. The van der Waals surface area contributed by atoms with Crippen LogP contribution in [0.4, 0.5) is 5.69 Å². The van der Waals surface area contributed by atoms with E-state index in [0.29, 0.717) is 10.9 Å². The van der Waals surface area contributed by atoms with E-state index in [9.17, 15) is 4.79 Å².